The predicted octanol–water partition coefficient (Wildman–Crippen LogP) is 0.765. The minimum absolute atomic E-state index is 0.212. The third-order valence-corrected chi connectivity index (χ3v) is 3.59. The molecular weight excluding hydrogens is 272 g/mol. The zero-order chi connectivity index (χ0) is 15.0. The highest BCUT2D eigenvalue weighted by Crippen LogP contribution is 2.23. The topological polar surface area (TPSA) is 99.2 Å². The summed E-state index contributed by atoms with van der Waals surface area (Å²) in [6.45, 7) is 2.00. The Balaban J connectivity index is 1.95. The molecule has 2 aromatic heterocycles. The summed E-state index contributed by atoms with van der Waals surface area (Å²) in [5, 5.41) is 9.38. The number of aromatic amines is 1. The molecule has 1 atom stereocenters. The summed E-state index contributed by atoms with van der Waals surface area (Å²) in [5.41, 5.74) is 2.65. The number of amides is 1. The maximum Gasteiger partial charge on any atom is 0.326 e. The van der Waals surface area contributed by atoms with Crippen LogP contribution in [0.4, 0.5) is 0 Å². The normalized spacial score (nSPS) is 17.4. The zero-order valence-corrected chi connectivity index (χ0v) is 11.4. The van der Waals surface area contributed by atoms with Gasteiger partial charge in [-0.05, 0) is 19.1 Å². The van der Waals surface area contributed by atoms with Gasteiger partial charge in [0.1, 0.15) is 6.04 Å². The van der Waals surface area contributed by atoms with Crippen LogP contribution in [0, 0.1) is 6.92 Å². The van der Waals surface area contributed by atoms with Crippen LogP contribution in [-0.4, -0.2) is 42.9 Å². The highest BCUT2D eigenvalue weighted by Gasteiger charge is 2.36. The number of pyridine rings is 1. The molecule has 0 saturated carbocycles. The second kappa shape index (κ2) is 5.01. The van der Waals surface area contributed by atoms with E-state index in [9.17, 15) is 14.7 Å². The predicted molar refractivity (Wildman–Crippen MR) is 72.6 cm³/mol. The molecule has 0 fully saturated rings. The average Bonchev–Trinajstić information content (AvgIpc) is 2.92. The molecule has 0 bridgehead atoms. The molecule has 7 nitrogen and oxygen atoms in total. The van der Waals surface area contributed by atoms with Gasteiger partial charge in [0.05, 0.1) is 24.3 Å². The van der Waals surface area contributed by atoms with E-state index in [0.717, 1.165) is 5.69 Å². The first kappa shape index (κ1) is 13.3. The van der Waals surface area contributed by atoms with Crippen molar-refractivity contribution in [3.63, 3.8) is 0 Å². The van der Waals surface area contributed by atoms with Gasteiger partial charge in [-0.15, -0.1) is 0 Å². The van der Waals surface area contributed by atoms with Gasteiger partial charge in [-0.1, -0.05) is 0 Å². The molecule has 2 N–H and O–H groups in total. The lowest BCUT2D eigenvalue weighted by Crippen LogP contribution is -2.48. The van der Waals surface area contributed by atoms with Crippen LogP contribution in [0.3, 0.4) is 0 Å². The Kier molecular flexibility index (Phi) is 3.17. The SMILES string of the molecule is Cc1cc(C(=O)N2Cc3[nH]cnc3CC2C(=O)O)ccn1. The first-order chi connectivity index (χ1) is 10.1. The van der Waals surface area contributed by atoms with Crippen LogP contribution in [0.1, 0.15) is 27.4 Å². The summed E-state index contributed by atoms with van der Waals surface area (Å²) in [5.74, 6) is -1.34. The molecule has 3 heterocycles. The second-order valence-corrected chi connectivity index (χ2v) is 5.00. The van der Waals surface area contributed by atoms with Crippen LogP contribution in [0.5, 0.6) is 0 Å². The van der Waals surface area contributed by atoms with E-state index in [2.05, 4.69) is 15.0 Å². The van der Waals surface area contributed by atoms with E-state index in [1.54, 1.807) is 25.3 Å². The fraction of sp³-hybridized carbons (Fsp3) is 0.286. The summed E-state index contributed by atoms with van der Waals surface area (Å²) in [7, 11) is 0. The number of nitrogens with zero attached hydrogens (tertiary/aromatic N) is 3. The quantitative estimate of drug-likeness (QED) is 0.849. The van der Waals surface area contributed by atoms with Crippen molar-refractivity contribution in [3.05, 3.63) is 47.3 Å². The molecular formula is C14H14N4O3. The van der Waals surface area contributed by atoms with Gasteiger partial charge >= 0.3 is 5.97 Å². The van der Waals surface area contributed by atoms with Gasteiger partial charge in [-0.3, -0.25) is 9.78 Å². The van der Waals surface area contributed by atoms with Crippen molar-refractivity contribution in [3.8, 4) is 0 Å². The number of aromatic nitrogens is 3. The maximum atomic E-state index is 12.6. The Bertz CT molecular complexity index is 710. The van der Waals surface area contributed by atoms with Crippen molar-refractivity contribution >= 4 is 11.9 Å². The number of carboxylic acids is 1. The van der Waals surface area contributed by atoms with Crippen LogP contribution in [-0.2, 0) is 17.8 Å². The minimum Gasteiger partial charge on any atom is -0.480 e. The number of hydrogen-bond acceptors (Lipinski definition) is 4. The van der Waals surface area contributed by atoms with E-state index in [4.69, 9.17) is 0 Å². The molecule has 108 valence electrons. The molecule has 1 unspecified atom stereocenters. The summed E-state index contributed by atoms with van der Waals surface area (Å²) in [6, 6.07) is 2.35. The third kappa shape index (κ3) is 2.37. The highest BCUT2D eigenvalue weighted by molar-refractivity contribution is 5.96. The van der Waals surface area contributed by atoms with Gasteiger partial charge in [0.2, 0.25) is 0 Å². The number of carbonyl (C=O) groups is 2. The van der Waals surface area contributed by atoms with Gasteiger partial charge in [-0.2, -0.15) is 0 Å². The molecule has 0 aromatic carbocycles. The van der Waals surface area contributed by atoms with Crippen molar-refractivity contribution in [1.82, 2.24) is 19.9 Å². The number of hydrogen-bond donors (Lipinski definition) is 2. The first-order valence-electron chi connectivity index (χ1n) is 6.54. The number of fused-ring (bicyclic) bond motifs is 1. The Morgan fingerprint density at radius 1 is 1.43 bits per heavy atom. The summed E-state index contributed by atoms with van der Waals surface area (Å²) in [4.78, 5) is 36.5. The zero-order valence-electron chi connectivity index (χ0n) is 11.4. The van der Waals surface area contributed by atoms with Crippen LogP contribution < -0.4 is 0 Å². The first-order valence-corrected chi connectivity index (χ1v) is 6.54. The second-order valence-electron chi connectivity index (χ2n) is 5.00. The Morgan fingerprint density at radius 3 is 2.95 bits per heavy atom. The number of H-pyrrole nitrogens is 1. The largest absolute Gasteiger partial charge is 0.480 e. The highest BCUT2D eigenvalue weighted by atomic mass is 16.4. The molecule has 0 radical (unpaired) electrons. The van der Waals surface area contributed by atoms with E-state index < -0.39 is 12.0 Å². The van der Waals surface area contributed by atoms with Gasteiger partial charge in [0.25, 0.3) is 5.91 Å². The lowest BCUT2D eigenvalue weighted by atomic mass is 10.0. The van der Waals surface area contributed by atoms with E-state index in [1.807, 2.05) is 0 Å². The number of carbonyl (C=O) groups excluding carboxylic acids is 1. The van der Waals surface area contributed by atoms with E-state index in [-0.39, 0.29) is 18.9 Å². The van der Waals surface area contributed by atoms with Crippen molar-refractivity contribution in [1.29, 1.82) is 0 Å². The Hall–Kier alpha value is -2.70. The average molecular weight is 286 g/mol. The molecule has 1 aliphatic rings. The summed E-state index contributed by atoms with van der Waals surface area (Å²) >= 11 is 0. The number of imidazole rings is 1. The lowest BCUT2D eigenvalue weighted by molar-refractivity contribution is -0.142. The number of carboxylic acid groups (broad SMARTS) is 1. The molecule has 0 spiro atoms. The van der Waals surface area contributed by atoms with Crippen LogP contribution in [0.2, 0.25) is 0 Å². The molecule has 7 heteroatoms. The third-order valence-electron chi connectivity index (χ3n) is 3.59. The van der Waals surface area contributed by atoms with Crippen molar-refractivity contribution in [2.45, 2.75) is 25.9 Å². The fourth-order valence-corrected chi connectivity index (χ4v) is 2.51. The van der Waals surface area contributed by atoms with E-state index >= 15 is 0 Å². The number of nitrogens with one attached hydrogen (secondary N) is 1. The Morgan fingerprint density at radius 2 is 2.24 bits per heavy atom. The number of aryl methyl sites for hydroxylation is 1. The van der Waals surface area contributed by atoms with Crippen LogP contribution in [0.25, 0.3) is 0 Å². The summed E-state index contributed by atoms with van der Waals surface area (Å²) < 4.78 is 0. The van der Waals surface area contributed by atoms with Crippen molar-refractivity contribution in [2.75, 3.05) is 0 Å². The van der Waals surface area contributed by atoms with Crippen LogP contribution >= 0.6 is 0 Å². The molecule has 21 heavy (non-hydrogen) atoms. The summed E-state index contributed by atoms with van der Waals surface area (Å²) in [6.07, 6.45) is 3.28. The van der Waals surface area contributed by atoms with Gasteiger partial charge in [-0.25, -0.2) is 9.78 Å². The van der Waals surface area contributed by atoms with Crippen molar-refractivity contribution in [2.24, 2.45) is 0 Å². The van der Waals surface area contributed by atoms with Gasteiger partial charge < -0.3 is 15.0 Å². The van der Waals surface area contributed by atoms with E-state index in [0.29, 0.717) is 17.0 Å². The maximum absolute atomic E-state index is 12.6. The van der Waals surface area contributed by atoms with Crippen LogP contribution in [0.15, 0.2) is 24.7 Å². The minimum atomic E-state index is -1.03. The van der Waals surface area contributed by atoms with E-state index in [1.165, 1.54) is 11.2 Å². The number of aliphatic carboxylic acids is 1. The van der Waals surface area contributed by atoms with Gasteiger partial charge in [0.15, 0.2) is 0 Å². The fourth-order valence-electron chi connectivity index (χ4n) is 2.51. The van der Waals surface area contributed by atoms with Crippen molar-refractivity contribution < 1.29 is 14.7 Å². The molecule has 3 rings (SSSR count). The standard InChI is InChI=1S/C14H14N4O3/c1-8-4-9(2-3-15-8)13(19)18-6-11-10(16-7-17-11)5-12(18)14(20)21/h2-4,7,12H,5-6H2,1H3,(H,16,17)(H,20,21). The molecule has 1 amide bonds. The molecule has 0 saturated heterocycles. The lowest BCUT2D eigenvalue weighted by Gasteiger charge is -2.32. The Labute approximate surface area is 120 Å². The molecule has 2 aromatic rings. The monoisotopic (exact) mass is 286 g/mol. The molecule has 0 aliphatic carbocycles. The smallest absolute Gasteiger partial charge is 0.326 e. The molecule has 1 aliphatic heterocycles. The van der Waals surface area contributed by atoms with Gasteiger partial charge in [0, 0.05) is 23.9 Å². The number of rotatable bonds is 2.